The number of hydrogen-bond donors (Lipinski definition) is 2. The zero-order chi connectivity index (χ0) is 30.8. The molecule has 0 radical (unpaired) electrons. The third kappa shape index (κ3) is 6.04. The highest BCUT2D eigenvalue weighted by Gasteiger charge is 2.38. The van der Waals surface area contributed by atoms with Gasteiger partial charge >= 0.3 is 6.55 Å². The Morgan fingerprint density at radius 2 is 1.84 bits per heavy atom. The maximum Gasteiger partial charge on any atom is 0.333 e. The molecule has 0 atom stereocenters. The Balaban J connectivity index is 1.09. The highest BCUT2D eigenvalue weighted by atomic mass is 19.3. The van der Waals surface area contributed by atoms with Crippen molar-refractivity contribution in [2.75, 3.05) is 69.2 Å². The number of likely N-dealkylation sites (tertiary alicyclic amines) is 2. The molecule has 17 heteroatoms. The van der Waals surface area contributed by atoms with Gasteiger partial charge in [-0.25, -0.2) is 9.67 Å². The lowest BCUT2D eigenvalue weighted by Crippen LogP contribution is -2.57. The van der Waals surface area contributed by atoms with Crippen LogP contribution >= 0.6 is 0 Å². The highest BCUT2D eigenvalue weighted by molar-refractivity contribution is 5.90. The van der Waals surface area contributed by atoms with Gasteiger partial charge in [0, 0.05) is 45.3 Å². The fourth-order valence-electron chi connectivity index (χ4n) is 5.55. The monoisotopic (exact) mass is 613 g/mol. The van der Waals surface area contributed by atoms with E-state index in [1.54, 1.807) is 14.4 Å². The molecule has 3 saturated heterocycles. The number of rotatable bonds is 9. The summed E-state index contributed by atoms with van der Waals surface area (Å²) in [6, 6.07) is -0.0894. The SMILES string of the molecule is C=CC(=O)N1CC(C(=O)N2CCC(NC(=O)CNc3nc(N4CCOCC4)nc4c3ncn4-c3cnn(C(F)F)c3)CC2)C1. The van der Waals surface area contributed by atoms with Crippen molar-refractivity contribution < 1.29 is 27.9 Å². The van der Waals surface area contributed by atoms with Crippen molar-refractivity contribution in [2.45, 2.75) is 25.4 Å². The summed E-state index contributed by atoms with van der Waals surface area (Å²) in [5, 5.41) is 9.81. The van der Waals surface area contributed by atoms with Gasteiger partial charge in [0.1, 0.15) is 6.33 Å². The van der Waals surface area contributed by atoms with Gasteiger partial charge < -0.3 is 30.1 Å². The molecule has 0 bridgehead atoms. The third-order valence-electron chi connectivity index (χ3n) is 8.05. The highest BCUT2D eigenvalue weighted by Crippen LogP contribution is 2.26. The van der Waals surface area contributed by atoms with Crippen molar-refractivity contribution in [1.29, 1.82) is 0 Å². The zero-order valence-corrected chi connectivity index (χ0v) is 23.9. The number of imidazole rings is 1. The molecule has 3 aromatic rings. The number of hydrogen-bond acceptors (Lipinski definition) is 10. The summed E-state index contributed by atoms with van der Waals surface area (Å²) in [7, 11) is 0. The Labute approximate surface area is 250 Å². The van der Waals surface area contributed by atoms with E-state index in [9.17, 15) is 23.2 Å². The minimum absolute atomic E-state index is 0.0365. The first kappa shape index (κ1) is 29.4. The van der Waals surface area contributed by atoms with E-state index in [1.165, 1.54) is 24.8 Å². The number of fused-ring (bicyclic) bond motifs is 1. The molecule has 6 heterocycles. The smallest absolute Gasteiger partial charge is 0.333 e. The van der Waals surface area contributed by atoms with Crippen LogP contribution < -0.4 is 15.5 Å². The van der Waals surface area contributed by atoms with Crippen LogP contribution in [-0.2, 0) is 19.1 Å². The molecule has 0 aliphatic carbocycles. The van der Waals surface area contributed by atoms with E-state index < -0.39 is 6.55 Å². The second-order valence-electron chi connectivity index (χ2n) is 10.9. The molecule has 15 nitrogen and oxygen atoms in total. The number of aromatic nitrogens is 6. The summed E-state index contributed by atoms with van der Waals surface area (Å²) in [5.74, 6) is 0.160. The molecule has 0 spiro atoms. The lowest BCUT2D eigenvalue weighted by Gasteiger charge is -2.41. The standard InChI is InChI=1S/C27H33F2N11O4/c1-2-21(42)38-13-17(14-38)25(43)36-5-3-18(4-6-36)33-20(41)12-30-23-22-24(35-27(34-23)37-7-9-44-10-8-37)39(16-31-22)19-11-32-40(15-19)26(28)29/h2,11,15-18,26H,1,3-10,12-14H2,(H,33,41)(H,30,34,35). The first-order valence-electron chi connectivity index (χ1n) is 14.4. The molecule has 3 fully saturated rings. The van der Waals surface area contributed by atoms with Crippen LogP contribution in [-0.4, -0.2) is 122 Å². The molecule has 3 aliphatic rings. The maximum absolute atomic E-state index is 13.2. The largest absolute Gasteiger partial charge is 0.378 e. The zero-order valence-electron chi connectivity index (χ0n) is 23.9. The van der Waals surface area contributed by atoms with Gasteiger partial charge in [-0.2, -0.15) is 23.8 Å². The van der Waals surface area contributed by atoms with Crippen molar-refractivity contribution in [3.05, 3.63) is 31.4 Å². The molecule has 0 saturated carbocycles. The van der Waals surface area contributed by atoms with E-state index in [2.05, 4.69) is 37.3 Å². The van der Waals surface area contributed by atoms with Crippen LogP contribution in [0.2, 0.25) is 0 Å². The number of carbonyl (C=O) groups excluding carboxylic acids is 3. The van der Waals surface area contributed by atoms with E-state index in [4.69, 9.17) is 4.74 Å². The average molecular weight is 614 g/mol. The topological polar surface area (TPSA) is 156 Å². The third-order valence-corrected chi connectivity index (χ3v) is 8.05. The minimum atomic E-state index is -2.79. The number of ether oxygens (including phenoxy) is 1. The van der Waals surface area contributed by atoms with Crippen LogP contribution in [0.15, 0.2) is 31.4 Å². The predicted octanol–water partition coefficient (Wildman–Crippen LogP) is 0.407. The van der Waals surface area contributed by atoms with Crippen molar-refractivity contribution in [2.24, 2.45) is 5.92 Å². The van der Waals surface area contributed by atoms with E-state index >= 15 is 0 Å². The van der Waals surface area contributed by atoms with Crippen molar-refractivity contribution in [3.63, 3.8) is 0 Å². The first-order valence-corrected chi connectivity index (χ1v) is 14.4. The number of alkyl halides is 2. The summed E-state index contributed by atoms with van der Waals surface area (Å²) >= 11 is 0. The fourth-order valence-corrected chi connectivity index (χ4v) is 5.55. The second-order valence-corrected chi connectivity index (χ2v) is 10.9. The summed E-state index contributed by atoms with van der Waals surface area (Å²) in [6.45, 7) is 4.62. The summed E-state index contributed by atoms with van der Waals surface area (Å²) in [6.07, 6.45) is 6.44. The molecule has 2 N–H and O–H groups in total. The second kappa shape index (κ2) is 12.5. The summed E-state index contributed by atoms with van der Waals surface area (Å²) < 4.78 is 33.8. The molecule has 0 aromatic carbocycles. The van der Waals surface area contributed by atoms with Gasteiger partial charge in [-0.1, -0.05) is 6.58 Å². The van der Waals surface area contributed by atoms with Crippen molar-refractivity contribution >= 4 is 40.7 Å². The lowest BCUT2D eigenvalue weighted by atomic mass is 9.96. The Morgan fingerprint density at radius 3 is 2.52 bits per heavy atom. The quantitative estimate of drug-likeness (QED) is 0.324. The van der Waals surface area contributed by atoms with Crippen molar-refractivity contribution in [1.82, 2.24) is 44.4 Å². The molecule has 44 heavy (non-hydrogen) atoms. The number of carbonyl (C=O) groups is 3. The summed E-state index contributed by atoms with van der Waals surface area (Å²) in [5.41, 5.74) is 1.10. The maximum atomic E-state index is 13.2. The Bertz CT molecular complexity index is 1540. The number of anilines is 2. The number of halogens is 2. The van der Waals surface area contributed by atoms with Crippen LogP contribution in [0.3, 0.4) is 0 Å². The lowest BCUT2D eigenvalue weighted by molar-refractivity contribution is -0.147. The van der Waals surface area contributed by atoms with Gasteiger partial charge in [-0.15, -0.1) is 0 Å². The predicted molar refractivity (Wildman–Crippen MR) is 153 cm³/mol. The molecular formula is C27H33F2N11O4. The number of morpholine rings is 1. The van der Waals surface area contributed by atoms with Gasteiger partial charge in [0.2, 0.25) is 23.7 Å². The number of nitrogens with one attached hydrogen (secondary N) is 2. The van der Waals surface area contributed by atoms with E-state index in [0.29, 0.717) is 98.6 Å². The first-order chi connectivity index (χ1) is 21.3. The fraction of sp³-hybridized carbons (Fsp3) is 0.519. The minimum Gasteiger partial charge on any atom is -0.378 e. The molecule has 3 amide bonds. The average Bonchev–Trinajstić information content (AvgIpc) is 3.67. The van der Waals surface area contributed by atoms with E-state index in [-0.39, 0.29) is 36.2 Å². The Morgan fingerprint density at radius 1 is 1.09 bits per heavy atom. The van der Waals surface area contributed by atoms with E-state index in [1.807, 2.05) is 4.90 Å². The van der Waals surface area contributed by atoms with Gasteiger partial charge in [0.15, 0.2) is 17.0 Å². The van der Waals surface area contributed by atoms with Gasteiger partial charge in [0.25, 0.3) is 0 Å². The molecule has 6 rings (SSSR count). The normalized spacial score (nSPS) is 18.0. The van der Waals surface area contributed by atoms with Crippen LogP contribution in [0.1, 0.15) is 19.4 Å². The van der Waals surface area contributed by atoms with Gasteiger partial charge in [0.05, 0.1) is 43.8 Å². The van der Waals surface area contributed by atoms with Gasteiger partial charge in [-0.3, -0.25) is 19.0 Å². The molecule has 0 unspecified atom stereocenters. The van der Waals surface area contributed by atoms with Crippen LogP contribution in [0.25, 0.3) is 16.9 Å². The van der Waals surface area contributed by atoms with Crippen molar-refractivity contribution in [3.8, 4) is 5.69 Å². The molecular weight excluding hydrogens is 580 g/mol. The summed E-state index contributed by atoms with van der Waals surface area (Å²) in [4.78, 5) is 56.4. The number of amides is 3. The number of piperidine rings is 1. The van der Waals surface area contributed by atoms with Crippen LogP contribution in [0, 0.1) is 5.92 Å². The van der Waals surface area contributed by atoms with Crippen LogP contribution in [0.5, 0.6) is 0 Å². The Hall–Kier alpha value is -4.67. The molecule has 3 aliphatic heterocycles. The van der Waals surface area contributed by atoms with Gasteiger partial charge in [-0.05, 0) is 18.9 Å². The molecule has 3 aromatic heterocycles. The molecule has 234 valence electrons. The van der Waals surface area contributed by atoms with E-state index in [0.717, 1.165) is 0 Å². The van der Waals surface area contributed by atoms with Crippen LogP contribution in [0.4, 0.5) is 20.5 Å². The number of nitrogens with zero attached hydrogens (tertiary/aromatic N) is 9. The Kier molecular flexibility index (Phi) is 8.36.